The van der Waals surface area contributed by atoms with Gasteiger partial charge in [-0.2, -0.15) is 13.2 Å². The van der Waals surface area contributed by atoms with Gasteiger partial charge in [0.05, 0.1) is 6.54 Å². The quantitative estimate of drug-likeness (QED) is 0.583. The van der Waals surface area contributed by atoms with Gasteiger partial charge in [0, 0.05) is 31.0 Å². The number of nitrogens with one attached hydrogen (secondary N) is 1. The summed E-state index contributed by atoms with van der Waals surface area (Å²) in [7, 11) is 1.83. The zero-order chi connectivity index (χ0) is 24.2. The van der Waals surface area contributed by atoms with Crippen molar-refractivity contribution in [2.75, 3.05) is 43.5 Å². The first kappa shape index (κ1) is 24.9. The van der Waals surface area contributed by atoms with Gasteiger partial charge in [-0.1, -0.05) is 12.1 Å². The molecule has 180 valence electrons. The highest BCUT2D eigenvalue weighted by Crippen LogP contribution is 2.28. The number of anilines is 2. The Hall–Kier alpha value is -2.74. The zero-order valence-electron chi connectivity index (χ0n) is 19.7. The number of alkyl halides is 3. The van der Waals surface area contributed by atoms with E-state index in [1.807, 2.05) is 31.0 Å². The summed E-state index contributed by atoms with van der Waals surface area (Å²) in [5.41, 5.74) is 5.20. The molecule has 0 spiro atoms. The number of amides is 1. The summed E-state index contributed by atoms with van der Waals surface area (Å²) in [5.74, 6) is 0.137. The van der Waals surface area contributed by atoms with Gasteiger partial charge in [-0.15, -0.1) is 0 Å². The minimum atomic E-state index is -4.38. The van der Waals surface area contributed by atoms with Gasteiger partial charge in [-0.3, -0.25) is 9.69 Å². The normalized spacial score (nSPS) is 14.1. The first-order valence-corrected chi connectivity index (χ1v) is 11.2. The molecular formula is C25H32F3N3O2. The number of benzene rings is 2. The summed E-state index contributed by atoms with van der Waals surface area (Å²) >= 11 is 0. The van der Waals surface area contributed by atoms with Gasteiger partial charge in [0.1, 0.15) is 5.75 Å². The topological polar surface area (TPSA) is 44.8 Å². The second-order valence-electron chi connectivity index (χ2n) is 8.88. The standard InChI is InChI=1S/C25H32F3N3O2/c1-17-13-21(31-9-5-6-10-31)7-8-22(17)29-23(32)15-30(4)14-20-11-18(2)24(19(3)12-20)33-16-25(26,27)28/h7-8,11-13H,5-6,9-10,14-16H2,1-4H3,(H,29,32). The molecule has 0 atom stereocenters. The maximum atomic E-state index is 12.6. The number of halogens is 3. The van der Waals surface area contributed by atoms with Gasteiger partial charge in [0.15, 0.2) is 6.61 Å². The fourth-order valence-corrected chi connectivity index (χ4v) is 4.28. The van der Waals surface area contributed by atoms with Crippen LogP contribution in [0.15, 0.2) is 30.3 Å². The van der Waals surface area contributed by atoms with Crippen molar-refractivity contribution in [3.8, 4) is 5.75 Å². The molecule has 33 heavy (non-hydrogen) atoms. The van der Waals surface area contributed by atoms with E-state index in [0.29, 0.717) is 17.7 Å². The van der Waals surface area contributed by atoms with Crippen molar-refractivity contribution in [3.05, 3.63) is 52.6 Å². The Morgan fingerprint density at radius 2 is 1.70 bits per heavy atom. The maximum absolute atomic E-state index is 12.6. The summed E-state index contributed by atoms with van der Waals surface area (Å²) in [6.45, 7) is 6.96. The van der Waals surface area contributed by atoms with Gasteiger partial charge < -0.3 is 15.0 Å². The third-order valence-corrected chi connectivity index (χ3v) is 5.72. The molecule has 1 aliphatic heterocycles. The first-order chi connectivity index (χ1) is 15.5. The second kappa shape index (κ2) is 10.5. The molecule has 1 heterocycles. The van der Waals surface area contributed by atoms with E-state index in [1.54, 1.807) is 26.0 Å². The Kier molecular flexibility index (Phi) is 7.89. The van der Waals surface area contributed by atoms with Gasteiger partial charge in [-0.25, -0.2) is 0 Å². The molecule has 0 bridgehead atoms. The van der Waals surface area contributed by atoms with Crippen LogP contribution in [-0.4, -0.2) is 50.3 Å². The van der Waals surface area contributed by atoms with Crippen LogP contribution in [0.3, 0.4) is 0 Å². The maximum Gasteiger partial charge on any atom is 0.422 e. The largest absolute Gasteiger partial charge is 0.484 e. The van der Waals surface area contributed by atoms with Crippen molar-refractivity contribution in [1.29, 1.82) is 0 Å². The average Bonchev–Trinajstić information content (AvgIpc) is 3.22. The fourth-order valence-electron chi connectivity index (χ4n) is 4.28. The Morgan fingerprint density at radius 3 is 2.27 bits per heavy atom. The summed E-state index contributed by atoms with van der Waals surface area (Å²) in [4.78, 5) is 16.8. The van der Waals surface area contributed by atoms with Gasteiger partial charge in [0.2, 0.25) is 5.91 Å². The number of hydrogen-bond acceptors (Lipinski definition) is 4. The van der Waals surface area contributed by atoms with Gasteiger partial charge in [0.25, 0.3) is 0 Å². The van der Waals surface area contributed by atoms with Crippen LogP contribution in [0.1, 0.15) is 35.1 Å². The number of carbonyl (C=O) groups excluding carboxylic acids is 1. The van der Waals surface area contributed by atoms with Crippen LogP contribution >= 0.6 is 0 Å². The van der Waals surface area contributed by atoms with Gasteiger partial charge >= 0.3 is 6.18 Å². The number of aryl methyl sites for hydroxylation is 3. The smallest absolute Gasteiger partial charge is 0.422 e. The lowest BCUT2D eigenvalue weighted by molar-refractivity contribution is -0.153. The van der Waals surface area contributed by atoms with E-state index in [4.69, 9.17) is 4.74 Å². The summed E-state index contributed by atoms with van der Waals surface area (Å²) in [6.07, 6.45) is -1.95. The Morgan fingerprint density at radius 1 is 1.06 bits per heavy atom. The number of carbonyl (C=O) groups is 1. The van der Waals surface area contributed by atoms with Crippen LogP contribution in [0.4, 0.5) is 24.5 Å². The monoisotopic (exact) mass is 463 g/mol. The molecule has 0 radical (unpaired) electrons. The lowest BCUT2D eigenvalue weighted by atomic mass is 10.1. The predicted molar refractivity (Wildman–Crippen MR) is 125 cm³/mol. The predicted octanol–water partition coefficient (Wildman–Crippen LogP) is 5.22. The highest BCUT2D eigenvalue weighted by atomic mass is 19.4. The molecule has 1 N–H and O–H groups in total. The molecule has 0 aliphatic carbocycles. The summed E-state index contributed by atoms with van der Waals surface area (Å²) < 4.78 is 42.4. The lowest BCUT2D eigenvalue weighted by Gasteiger charge is -2.21. The molecule has 5 nitrogen and oxygen atoms in total. The number of hydrogen-bond donors (Lipinski definition) is 1. The van der Waals surface area contributed by atoms with E-state index < -0.39 is 12.8 Å². The second-order valence-corrected chi connectivity index (χ2v) is 8.88. The van der Waals surface area contributed by atoms with Crippen LogP contribution < -0.4 is 15.0 Å². The molecule has 8 heteroatoms. The molecule has 2 aromatic rings. The zero-order valence-corrected chi connectivity index (χ0v) is 19.7. The van der Waals surface area contributed by atoms with Gasteiger partial charge in [-0.05, 0) is 81.1 Å². The summed E-state index contributed by atoms with van der Waals surface area (Å²) in [6, 6.07) is 9.71. The molecule has 0 saturated carbocycles. The fraction of sp³-hybridized carbons (Fsp3) is 0.480. The molecule has 3 rings (SSSR count). The number of likely N-dealkylation sites (N-methyl/N-ethyl adjacent to an activating group) is 1. The number of rotatable bonds is 8. The van der Waals surface area contributed by atoms with Crippen LogP contribution in [-0.2, 0) is 11.3 Å². The molecule has 2 aromatic carbocycles. The highest BCUT2D eigenvalue weighted by molar-refractivity contribution is 5.93. The molecule has 1 amide bonds. The van der Waals surface area contributed by atoms with E-state index in [0.717, 1.165) is 29.9 Å². The SMILES string of the molecule is Cc1cc(N2CCCC2)ccc1NC(=O)CN(C)Cc1cc(C)c(OCC(F)(F)F)c(C)c1. The van der Waals surface area contributed by atoms with E-state index in [-0.39, 0.29) is 18.2 Å². The Labute approximate surface area is 193 Å². The third kappa shape index (κ3) is 7.12. The van der Waals surface area contributed by atoms with Crippen LogP contribution in [0.5, 0.6) is 5.75 Å². The Balaban J connectivity index is 1.56. The molecule has 1 aliphatic rings. The highest BCUT2D eigenvalue weighted by Gasteiger charge is 2.29. The first-order valence-electron chi connectivity index (χ1n) is 11.2. The summed E-state index contributed by atoms with van der Waals surface area (Å²) in [5, 5.41) is 2.98. The number of ether oxygens (including phenoxy) is 1. The Bertz CT molecular complexity index is 962. The molecule has 1 fully saturated rings. The minimum absolute atomic E-state index is 0.118. The minimum Gasteiger partial charge on any atom is -0.484 e. The van der Waals surface area contributed by atoms with Crippen molar-refractivity contribution in [3.63, 3.8) is 0 Å². The van der Waals surface area contributed by atoms with Crippen LogP contribution in [0, 0.1) is 20.8 Å². The lowest BCUT2D eigenvalue weighted by Crippen LogP contribution is -2.30. The van der Waals surface area contributed by atoms with E-state index >= 15 is 0 Å². The van der Waals surface area contributed by atoms with E-state index in [1.165, 1.54) is 18.5 Å². The van der Waals surface area contributed by atoms with Crippen molar-refractivity contribution >= 4 is 17.3 Å². The van der Waals surface area contributed by atoms with Crippen LogP contribution in [0.2, 0.25) is 0 Å². The molecule has 0 unspecified atom stereocenters. The number of nitrogens with zero attached hydrogens (tertiary/aromatic N) is 2. The van der Waals surface area contributed by atoms with Crippen molar-refractivity contribution in [1.82, 2.24) is 4.90 Å². The van der Waals surface area contributed by atoms with Crippen molar-refractivity contribution in [2.24, 2.45) is 0 Å². The van der Waals surface area contributed by atoms with Crippen molar-refractivity contribution in [2.45, 2.75) is 46.3 Å². The molecular weight excluding hydrogens is 431 g/mol. The van der Waals surface area contributed by atoms with E-state index in [2.05, 4.69) is 16.3 Å². The van der Waals surface area contributed by atoms with E-state index in [9.17, 15) is 18.0 Å². The molecule has 0 aromatic heterocycles. The third-order valence-electron chi connectivity index (χ3n) is 5.72. The van der Waals surface area contributed by atoms with Crippen molar-refractivity contribution < 1.29 is 22.7 Å². The van der Waals surface area contributed by atoms with Crippen LogP contribution in [0.25, 0.3) is 0 Å². The average molecular weight is 464 g/mol. The molecule has 1 saturated heterocycles.